The molecule has 0 atom stereocenters. The molecule has 1 aliphatic carbocycles. The summed E-state index contributed by atoms with van der Waals surface area (Å²) in [6.45, 7) is 2.12. The van der Waals surface area contributed by atoms with E-state index < -0.39 is 0 Å². The first kappa shape index (κ1) is 13.5. The van der Waals surface area contributed by atoms with Gasteiger partial charge in [0.2, 0.25) is 0 Å². The van der Waals surface area contributed by atoms with Crippen LogP contribution in [-0.4, -0.2) is 11.6 Å². The Morgan fingerprint density at radius 3 is 2.14 bits per heavy atom. The molecule has 0 radical (unpaired) electrons. The maximum absolute atomic E-state index is 12.6. The molecule has 0 bridgehead atoms. The third-order valence-electron chi connectivity index (χ3n) is 3.71. The summed E-state index contributed by atoms with van der Waals surface area (Å²) in [6, 6.07) is 12.5. The molecule has 0 amide bonds. The van der Waals surface area contributed by atoms with E-state index in [0.717, 1.165) is 18.4 Å². The van der Waals surface area contributed by atoms with Crippen molar-refractivity contribution in [1.82, 2.24) is 0 Å². The monoisotopic (exact) mass is 276 g/mol. The number of benzene rings is 2. The van der Waals surface area contributed by atoms with Crippen LogP contribution in [0.1, 0.15) is 57.2 Å². The van der Waals surface area contributed by atoms with E-state index in [1.165, 1.54) is 0 Å². The number of hydrogen-bond donors (Lipinski definition) is 0. The molecule has 0 heterocycles. The second-order valence-electron chi connectivity index (χ2n) is 5.20. The van der Waals surface area contributed by atoms with Gasteiger partial charge in [0.25, 0.3) is 0 Å². The second kappa shape index (κ2) is 5.49. The van der Waals surface area contributed by atoms with Gasteiger partial charge in [0.05, 0.1) is 0 Å². The summed E-state index contributed by atoms with van der Waals surface area (Å²) in [7, 11) is 0. The van der Waals surface area contributed by atoms with E-state index in [9.17, 15) is 9.59 Å². The Morgan fingerprint density at radius 1 is 0.857 bits per heavy atom. The molecule has 0 saturated carbocycles. The van der Waals surface area contributed by atoms with Crippen LogP contribution in [0.25, 0.3) is 6.08 Å². The van der Waals surface area contributed by atoms with Crippen molar-refractivity contribution in [2.75, 3.05) is 0 Å². The zero-order valence-electron chi connectivity index (χ0n) is 11.9. The molecule has 0 saturated heterocycles. The van der Waals surface area contributed by atoms with Gasteiger partial charge in [-0.15, -0.1) is 0 Å². The summed E-state index contributed by atoms with van der Waals surface area (Å²) in [4.78, 5) is 25.0. The van der Waals surface area contributed by atoms with Crippen LogP contribution in [0.15, 0.2) is 48.5 Å². The number of carbonyl (C=O) groups excluding carboxylic acids is 2. The molecule has 0 aliphatic heterocycles. The minimum Gasteiger partial charge on any atom is -0.289 e. The zero-order chi connectivity index (χ0) is 14.8. The molecular formula is C19H16O2. The van der Waals surface area contributed by atoms with Gasteiger partial charge in [-0.3, -0.25) is 9.59 Å². The Labute approximate surface area is 124 Å². The van der Waals surface area contributed by atoms with Crippen molar-refractivity contribution in [3.63, 3.8) is 0 Å². The number of carbonyl (C=O) groups is 2. The van der Waals surface area contributed by atoms with E-state index in [2.05, 4.69) is 13.0 Å². The van der Waals surface area contributed by atoms with Gasteiger partial charge in [-0.05, 0) is 24.1 Å². The Hall–Kier alpha value is -2.48. The average molecular weight is 276 g/mol. The molecule has 2 heteroatoms. The first-order chi connectivity index (χ1) is 10.2. The fourth-order valence-corrected chi connectivity index (χ4v) is 2.61. The van der Waals surface area contributed by atoms with Gasteiger partial charge in [-0.25, -0.2) is 0 Å². The highest BCUT2D eigenvalue weighted by molar-refractivity contribution is 6.28. The normalized spacial score (nSPS) is 13.4. The molecule has 0 spiro atoms. The highest BCUT2D eigenvalue weighted by Gasteiger charge is 2.28. The number of ketones is 2. The van der Waals surface area contributed by atoms with E-state index in [1.807, 2.05) is 18.2 Å². The second-order valence-corrected chi connectivity index (χ2v) is 5.20. The van der Waals surface area contributed by atoms with E-state index in [-0.39, 0.29) is 11.6 Å². The first-order valence-electron chi connectivity index (χ1n) is 7.21. The summed E-state index contributed by atoms with van der Waals surface area (Å²) in [5.74, 6) is -0.129. The molecule has 0 N–H and O–H groups in total. The number of rotatable bonds is 3. The molecule has 21 heavy (non-hydrogen) atoms. The lowest BCUT2D eigenvalue weighted by Crippen LogP contribution is -2.20. The van der Waals surface area contributed by atoms with E-state index in [1.54, 1.807) is 30.3 Å². The van der Waals surface area contributed by atoms with Crippen LogP contribution in [0.4, 0.5) is 0 Å². The Bertz CT molecular complexity index is 754. The van der Waals surface area contributed by atoms with Gasteiger partial charge in [-0.2, -0.15) is 0 Å². The quantitative estimate of drug-likeness (QED) is 0.715. The fraction of sp³-hybridized carbons (Fsp3) is 0.158. The number of fused-ring (bicyclic) bond motifs is 2. The van der Waals surface area contributed by atoms with Gasteiger partial charge in [0.1, 0.15) is 0 Å². The van der Waals surface area contributed by atoms with Gasteiger partial charge in [-0.1, -0.05) is 55.8 Å². The largest absolute Gasteiger partial charge is 0.289 e. The van der Waals surface area contributed by atoms with E-state index in [0.29, 0.717) is 22.3 Å². The minimum absolute atomic E-state index is 0.0639. The zero-order valence-corrected chi connectivity index (χ0v) is 11.9. The molecule has 2 nitrogen and oxygen atoms in total. The van der Waals surface area contributed by atoms with Crippen LogP contribution in [0.2, 0.25) is 0 Å². The van der Waals surface area contributed by atoms with Crippen molar-refractivity contribution in [2.24, 2.45) is 0 Å². The Balaban J connectivity index is 2.07. The third-order valence-corrected chi connectivity index (χ3v) is 3.71. The predicted molar refractivity (Wildman–Crippen MR) is 83.7 cm³/mol. The van der Waals surface area contributed by atoms with Crippen molar-refractivity contribution in [1.29, 1.82) is 0 Å². The van der Waals surface area contributed by atoms with Crippen LogP contribution in [0, 0.1) is 0 Å². The fourth-order valence-electron chi connectivity index (χ4n) is 2.61. The van der Waals surface area contributed by atoms with Crippen LogP contribution in [-0.2, 0) is 0 Å². The van der Waals surface area contributed by atoms with Crippen LogP contribution in [0.5, 0.6) is 0 Å². The molecule has 104 valence electrons. The van der Waals surface area contributed by atoms with E-state index in [4.69, 9.17) is 0 Å². The van der Waals surface area contributed by atoms with Crippen molar-refractivity contribution >= 4 is 17.6 Å². The lowest BCUT2D eigenvalue weighted by Gasteiger charge is -2.17. The van der Waals surface area contributed by atoms with Crippen LogP contribution >= 0.6 is 0 Å². The van der Waals surface area contributed by atoms with Crippen LogP contribution in [0.3, 0.4) is 0 Å². The lowest BCUT2D eigenvalue weighted by atomic mass is 9.83. The summed E-state index contributed by atoms with van der Waals surface area (Å²) in [6.07, 6.45) is 6.19. The van der Waals surface area contributed by atoms with Gasteiger partial charge >= 0.3 is 0 Å². The first-order valence-corrected chi connectivity index (χ1v) is 7.21. The summed E-state index contributed by atoms with van der Waals surface area (Å²) < 4.78 is 0. The number of unbranched alkanes of at least 4 members (excludes halogenated alkanes) is 1. The number of hydrogen-bond acceptors (Lipinski definition) is 2. The third kappa shape index (κ3) is 2.33. The summed E-state index contributed by atoms with van der Waals surface area (Å²) in [5.41, 5.74) is 2.99. The van der Waals surface area contributed by atoms with E-state index >= 15 is 0 Å². The minimum atomic E-state index is -0.0655. The molecule has 0 aromatic heterocycles. The van der Waals surface area contributed by atoms with Crippen molar-refractivity contribution in [3.05, 3.63) is 76.4 Å². The van der Waals surface area contributed by atoms with Crippen LogP contribution < -0.4 is 0 Å². The van der Waals surface area contributed by atoms with Crippen molar-refractivity contribution in [2.45, 2.75) is 19.8 Å². The van der Waals surface area contributed by atoms with Gasteiger partial charge < -0.3 is 0 Å². The number of allylic oxidation sites excluding steroid dienone is 1. The van der Waals surface area contributed by atoms with Crippen molar-refractivity contribution in [3.8, 4) is 0 Å². The molecule has 3 rings (SSSR count). The summed E-state index contributed by atoms with van der Waals surface area (Å²) in [5, 5.41) is 0. The molecule has 0 fully saturated rings. The maximum atomic E-state index is 12.6. The standard InChI is InChI=1S/C19H16O2/c1-2-3-4-7-13-10-11-16-17(12-13)19(21)15-9-6-5-8-14(15)18(16)20/h4-12H,2-3H2,1H3. The topological polar surface area (TPSA) is 34.1 Å². The highest BCUT2D eigenvalue weighted by atomic mass is 16.1. The highest BCUT2D eigenvalue weighted by Crippen LogP contribution is 2.28. The summed E-state index contributed by atoms with van der Waals surface area (Å²) >= 11 is 0. The van der Waals surface area contributed by atoms with Gasteiger partial charge in [0, 0.05) is 22.3 Å². The molecule has 0 unspecified atom stereocenters. The van der Waals surface area contributed by atoms with Crippen molar-refractivity contribution < 1.29 is 9.59 Å². The Kier molecular flexibility index (Phi) is 3.53. The molecule has 2 aromatic rings. The molecule has 1 aliphatic rings. The van der Waals surface area contributed by atoms with Gasteiger partial charge in [0.15, 0.2) is 11.6 Å². The average Bonchev–Trinajstić information content (AvgIpc) is 2.53. The Morgan fingerprint density at radius 2 is 1.48 bits per heavy atom. The SMILES string of the molecule is CCCC=Cc1ccc2c(c1)C(=O)c1ccccc1C2=O. The predicted octanol–water partition coefficient (Wildman–Crippen LogP) is 4.28. The lowest BCUT2D eigenvalue weighted by molar-refractivity contribution is 0.0979. The smallest absolute Gasteiger partial charge is 0.194 e. The maximum Gasteiger partial charge on any atom is 0.194 e. The molecular weight excluding hydrogens is 260 g/mol. The molecule has 2 aromatic carbocycles.